The molecule has 0 aromatic carbocycles. The van der Waals surface area contributed by atoms with Gasteiger partial charge in [0.15, 0.2) is 5.60 Å². The van der Waals surface area contributed by atoms with Crippen LogP contribution in [0.5, 0.6) is 0 Å². The average molecular weight is 330 g/mol. The first-order chi connectivity index (χ1) is 10.5. The molecule has 7 nitrogen and oxygen atoms in total. The van der Waals surface area contributed by atoms with Gasteiger partial charge >= 0.3 is 17.9 Å². The molecule has 1 saturated carbocycles. The zero-order chi connectivity index (χ0) is 17.8. The topological polar surface area (TPSA) is 121 Å². The van der Waals surface area contributed by atoms with Crippen molar-refractivity contribution < 1.29 is 34.4 Å². The number of hydrogen-bond acceptors (Lipinski definition) is 5. The second-order valence-electron chi connectivity index (χ2n) is 6.94. The lowest BCUT2D eigenvalue weighted by Crippen LogP contribution is -2.44. The monoisotopic (exact) mass is 330 g/mol. The zero-order valence-corrected chi connectivity index (χ0v) is 13.8. The molecule has 0 aromatic heterocycles. The van der Waals surface area contributed by atoms with Gasteiger partial charge in [-0.1, -0.05) is 27.2 Å². The van der Waals surface area contributed by atoms with Gasteiger partial charge in [-0.25, -0.2) is 4.79 Å². The number of ether oxygens (including phenoxy) is 1. The van der Waals surface area contributed by atoms with Gasteiger partial charge in [0.2, 0.25) is 0 Å². The summed E-state index contributed by atoms with van der Waals surface area (Å²) in [5, 5.41) is 27.6. The summed E-state index contributed by atoms with van der Waals surface area (Å²) in [7, 11) is 0. The molecule has 132 valence electrons. The maximum atomic E-state index is 12.0. The fourth-order valence-electron chi connectivity index (χ4n) is 3.16. The summed E-state index contributed by atoms with van der Waals surface area (Å²) < 4.78 is 5.41. The highest BCUT2D eigenvalue weighted by molar-refractivity contribution is 5.88. The van der Waals surface area contributed by atoms with Gasteiger partial charge in [0, 0.05) is 0 Å². The third-order valence-corrected chi connectivity index (χ3v) is 4.52. The molecular formula is C16H26O7. The van der Waals surface area contributed by atoms with E-state index in [0.29, 0.717) is 18.3 Å². The van der Waals surface area contributed by atoms with E-state index in [9.17, 15) is 19.5 Å². The Morgan fingerprint density at radius 2 is 1.78 bits per heavy atom. The molecule has 23 heavy (non-hydrogen) atoms. The Balaban J connectivity index is 2.75. The Morgan fingerprint density at radius 1 is 1.17 bits per heavy atom. The van der Waals surface area contributed by atoms with Gasteiger partial charge in [0.05, 0.1) is 12.8 Å². The van der Waals surface area contributed by atoms with Crippen LogP contribution in [-0.2, 0) is 19.1 Å². The number of rotatable bonds is 7. The molecule has 0 aliphatic heterocycles. The standard InChI is InChI=1S/C16H26O7/c1-9(2)11-5-4-10(3)6-12(11)23-14(19)8-16(22,15(20)21)7-13(17)18/h9-12,22H,4-8H2,1-3H3,(H,17,18)(H,20,21). The Morgan fingerprint density at radius 3 is 2.26 bits per heavy atom. The van der Waals surface area contributed by atoms with Crippen molar-refractivity contribution >= 4 is 17.9 Å². The van der Waals surface area contributed by atoms with Crippen molar-refractivity contribution in [3.05, 3.63) is 0 Å². The number of carboxylic acid groups (broad SMARTS) is 2. The number of carboxylic acids is 2. The third-order valence-electron chi connectivity index (χ3n) is 4.52. The van der Waals surface area contributed by atoms with Crippen LogP contribution in [0.3, 0.4) is 0 Å². The first-order valence-corrected chi connectivity index (χ1v) is 7.92. The number of hydrogen-bond donors (Lipinski definition) is 3. The van der Waals surface area contributed by atoms with Crippen LogP contribution in [0.25, 0.3) is 0 Å². The van der Waals surface area contributed by atoms with E-state index in [1.54, 1.807) is 0 Å². The maximum absolute atomic E-state index is 12.0. The van der Waals surface area contributed by atoms with E-state index < -0.39 is 36.4 Å². The van der Waals surface area contributed by atoms with Gasteiger partial charge in [-0.2, -0.15) is 0 Å². The summed E-state index contributed by atoms with van der Waals surface area (Å²) in [5.41, 5.74) is -2.64. The van der Waals surface area contributed by atoms with Crippen molar-refractivity contribution in [2.45, 2.75) is 64.6 Å². The minimum absolute atomic E-state index is 0.188. The van der Waals surface area contributed by atoms with Crippen molar-refractivity contribution in [3.63, 3.8) is 0 Å². The van der Waals surface area contributed by atoms with Gasteiger partial charge in [0.25, 0.3) is 0 Å². The number of aliphatic hydroxyl groups is 1. The highest BCUT2D eigenvalue weighted by Crippen LogP contribution is 2.35. The molecule has 0 aromatic rings. The largest absolute Gasteiger partial charge is 0.481 e. The second kappa shape index (κ2) is 7.77. The Bertz CT molecular complexity index is 459. The first kappa shape index (κ1) is 19.4. The molecule has 1 rings (SSSR count). The van der Waals surface area contributed by atoms with Crippen LogP contribution in [0.1, 0.15) is 52.9 Å². The molecule has 0 bridgehead atoms. The molecule has 1 fully saturated rings. The lowest BCUT2D eigenvalue weighted by molar-refractivity contribution is -0.176. The Kier molecular flexibility index (Phi) is 6.56. The fourth-order valence-corrected chi connectivity index (χ4v) is 3.16. The van der Waals surface area contributed by atoms with Crippen molar-refractivity contribution in [2.75, 3.05) is 0 Å². The minimum atomic E-state index is -2.64. The van der Waals surface area contributed by atoms with Crippen molar-refractivity contribution in [3.8, 4) is 0 Å². The van der Waals surface area contributed by atoms with Gasteiger partial charge in [-0.05, 0) is 30.6 Å². The summed E-state index contributed by atoms with van der Waals surface area (Å²) in [6.45, 7) is 6.15. The molecule has 0 saturated heterocycles. The number of carbonyl (C=O) groups is 3. The molecule has 4 atom stereocenters. The van der Waals surface area contributed by atoms with Crippen LogP contribution in [0.15, 0.2) is 0 Å². The molecule has 0 radical (unpaired) electrons. The van der Waals surface area contributed by atoms with Crippen LogP contribution in [0, 0.1) is 17.8 Å². The summed E-state index contributed by atoms with van der Waals surface area (Å²) in [6, 6.07) is 0. The average Bonchev–Trinajstić information content (AvgIpc) is 2.36. The van der Waals surface area contributed by atoms with Gasteiger partial charge in [-0.3, -0.25) is 9.59 Å². The van der Waals surface area contributed by atoms with Gasteiger partial charge in [-0.15, -0.1) is 0 Å². The molecule has 0 heterocycles. The second-order valence-corrected chi connectivity index (χ2v) is 6.94. The zero-order valence-electron chi connectivity index (χ0n) is 13.8. The summed E-state index contributed by atoms with van der Waals surface area (Å²) in [4.78, 5) is 33.8. The number of carbonyl (C=O) groups excluding carboxylic acids is 1. The lowest BCUT2D eigenvalue weighted by Gasteiger charge is -2.37. The lowest BCUT2D eigenvalue weighted by atomic mass is 9.75. The molecule has 4 unspecified atom stereocenters. The van der Waals surface area contributed by atoms with Crippen LogP contribution in [0.2, 0.25) is 0 Å². The van der Waals surface area contributed by atoms with Gasteiger partial charge < -0.3 is 20.1 Å². The predicted molar refractivity (Wildman–Crippen MR) is 80.7 cm³/mol. The number of esters is 1. The van der Waals surface area contributed by atoms with Crippen LogP contribution >= 0.6 is 0 Å². The van der Waals surface area contributed by atoms with Gasteiger partial charge in [0.1, 0.15) is 6.10 Å². The molecule has 1 aliphatic carbocycles. The highest BCUT2D eigenvalue weighted by atomic mass is 16.5. The molecule has 3 N–H and O–H groups in total. The summed E-state index contributed by atoms with van der Waals surface area (Å²) in [6.07, 6.45) is 0.425. The smallest absolute Gasteiger partial charge is 0.336 e. The maximum Gasteiger partial charge on any atom is 0.336 e. The highest BCUT2D eigenvalue weighted by Gasteiger charge is 2.42. The van der Waals surface area contributed by atoms with E-state index in [-0.39, 0.29) is 12.0 Å². The minimum Gasteiger partial charge on any atom is -0.481 e. The molecule has 7 heteroatoms. The third kappa shape index (κ3) is 5.49. The van der Waals surface area contributed by atoms with Crippen molar-refractivity contribution in [2.24, 2.45) is 17.8 Å². The molecular weight excluding hydrogens is 304 g/mol. The number of aliphatic carboxylic acids is 2. The SMILES string of the molecule is CC1CCC(C(C)C)C(OC(=O)CC(O)(CC(=O)O)C(=O)O)C1. The normalized spacial score (nSPS) is 27.3. The van der Waals surface area contributed by atoms with Crippen LogP contribution < -0.4 is 0 Å². The Hall–Kier alpha value is -1.63. The van der Waals surface area contributed by atoms with E-state index >= 15 is 0 Å². The molecule has 1 aliphatic rings. The van der Waals surface area contributed by atoms with Crippen LogP contribution in [-0.4, -0.2) is 44.9 Å². The first-order valence-electron chi connectivity index (χ1n) is 7.92. The Labute approximate surface area is 135 Å². The predicted octanol–water partition coefficient (Wildman–Crippen LogP) is 1.67. The molecule has 0 amide bonds. The van der Waals surface area contributed by atoms with E-state index in [4.69, 9.17) is 14.9 Å². The van der Waals surface area contributed by atoms with E-state index in [2.05, 4.69) is 6.92 Å². The van der Waals surface area contributed by atoms with Crippen molar-refractivity contribution in [1.82, 2.24) is 0 Å². The summed E-state index contributed by atoms with van der Waals surface area (Å²) in [5.74, 6) is -3.20. The summed E-state index contributed by atoms with van der Waals surface area (Å²) >= 11 is 0. The molecule has 0 spiro atoms. The van der Waals surface area contributed by atoms with E-state index in [1.807, 2.05) is 13.8 Å². The van der Waals surface area contributed by atoms with Crippen LogP contribution in [0.4, 0.5) is 0 Å². The fraction of sp³-hybridized carbons (Fsp3) is 0.812. The van der Waals surface area contributed by atoms with Crippen molar-refractivity contribution in [1.29, 1.82) is 0 Å². The quantitative estimate of drug-likeness (QED) is 0.607. The van der Waals surface area contributed by atoms with E-state index in [1.165, 1.54) is 0 Å². The van der Waals surface area contributed by atoms with E-state index in [0.717, 1.165) is 12.8 Å².